The van der Waals surface area contributed by atoms with Gasteiger partial charge in [0.1, 0.15) is 0 Å². The van der Waals surface area contributed by atoms with E-state index in [1.54, 1.807) is 19.2 Å². The quantitative estimate of drug-likeness (QED) is 0.921. The van der Waals surface area contributed by atoms with E-state index in [2.05, 4.69) is 0 Å². The standard InChI is InChI=1S/C17H16O7/c1-19-12-4-3-10(14-16(12)23-7-21-14)11-5-9(6-18)13(20-2)17-15(11)22-8-24-17/h3-5,18H,6-8H2,1-2H3. The van der Waals surface area contributed by atoms with Crippen molar-refractivity contribution >= 4 is 0 Å². The molecule has 0 aliphatic carbocycles. The molecule has 2 aromatic carbocycles. The van der Waals surface area contributed by atoms with Crippen LogP contribution in [0.1, 0.15) is 5.56 Å². The third kappa shape index (κ3) is 2.01. The van der Waals surface area contributed by atoms with E-state index in [0.29, 0.717) is 40.1 Å². The number of hydrogen-bond donors (Lipinski definition) is 1. The first-order chi connectivity index (χ1) is 11.8. The highest BCUT2D eigenvalue weighted by molar-refractivity contribution is 5.85. The van der Waals surface area contributed by atoms with E-state index in [1.807, 2.05) is 6.07 Å². The molecule has 0 aromatic heterocycles. The summed E-state index contributed by atoms with van der Waals surface area (Å²) in [6.45, 7) is 0.0110. The molecule has 7 nitrogen and oxygen atoms in total. The van der Waals surface area contributed by atoms with E-state index in [4.69, 9.17) is 28.4 Å². The maximum atomic E-state index is 9.68. The van der Waals surface area contributed by atoms with Crippen molar-refractivity contribution in [1.29, 1.82) is 0 Å². The van der Waals surface area contributed by atoms with Crippen LogP contribution < -0.4 is 28.4 Å². The average Bonchev–Trinajstić information content (AvgIpc) is 3.28. The number of aliphatic hydroxyl groups is 1. The number of benzene rings is 2. The lowest BCUT2D eigenvalue weighted by molar-refractivity contribution is 0.170. The Bertz CT molecular complexity index is 800. The number of methoxy groups -OCH3 is 2. The maximum absolute atomic E-state index is 9.68. The number of rotatable bonds is 4. The van der Waals surface area contributed by atoms with Crippen LogP contribution in [0.15, 0.2) is 18.2 Å². The van der Waals surface area contributed by atoms with E-state index in [0.717, 1.165) is 11.1 Å². The minimum absolute atomic E-state index is 0.0866. The summed E-state index contributed by atoms with van der Waals surface area (Å²) in [6.07, 6.45) is 0. The molecule has 126 valence electrons. The number of aliphatic hydroxyl groups excluding tert-OH is 1. The van der Waals surface area contributed by atoms with Gasteiger partial charge in [-0.1, -0.05) is 0 Å². The fourth-order valence-electron chi connectivity index (χ4n) is 2.98. The zero-order valence-electron chi connectivity index (χ0n) is 13.3. The summed E-state index contributed by atoms with van der Waals surface area (Å²) in [7, 11) is 3.10. The molecule has 0 saturated carbocycles. The lowest BCUT2D eigenvalue weighted by Crippen LogP contribution is -1.96. The van der Waals surface area contributed by atoms with E-state index in [9.17, 15) is 5.11 Å². The van der Waals surface area contributed by atoms with Crippen LogP contribution in [0.4, 0.5) is 0 Å². The van der Waals surface area contributed by atoms with Crippen LogP contribution in [-0.2, 0) is 6.61 Å². The van der Waals surface area contributed by atoms with Gasteiger partial charge in [0, 0.05) is 16.7 Å². The van der Waals surface area contributed by atoms with E-state index in [1.165, 1.54) is 7.11 Å². The van der Waals surface area contributed by atoms with Crippen molar-refractivity contribution in [2.24, 2.45) is 0 Å². The third-order valence-electron chi connectivity index (χ3n) is 4.04. The molecule has 0 unspecified atom stereocenters. The molecular formula is C17H16O7. The molecule has 0 bridgehead atoms. The molecule has 0 amide bonds. The third-order valence-corrected chi connectivity index (χ3v) is 4.04. The molecule has 2 heterocycles. The molecule has 0 radical (unpaired) electrons. The summed E-state index contributed by atoms with van der Waals surface area (Å²) in [5.41, 5.74) is 2.10. The Morgan fingerprint density at radius 1 is 0.875 bits per heavy atom. The van der Waals surface area contributed by atoms with Gasteiger partial charge in [0.25, 0.3) is 0 Å². The normalized spacial score (nSPS) is 14.0. The fraction of sp³-hybridized carbons (Fsp3) is 0.294. The predicted octanol–water partition coefficient (Wildman–Crippen LogP) is 2.32. The first kappa shape index (κ1) is 14.8. The fourth-order valence-corrected chi connectivity index (χ4v) is 2.98. The first-order valence-corrected chi connectivity index (χ1v) is 7.35. The van der Waals surface area contributed by atoms with Gasteiger partial charge < -0.3 is 33.5 Å². The average molecular weight is 332 g/mol. The summed E-state index contributed by atoms with van der Waals surface area (Å²) < 4.78 is 33.0. The van der Waals surface area contributed by atoms with Crippen molar-refractivity contribution in [3.8, 4) is 45.6 Å². The number of ether oxygens (including phenoxy) is 6. The SMILES string of the molecule is COc1ccc(-c2cc(CO)c(OC)c3c2OCO3)c2c1OCO2. The molecule has 0 fully saturated rings. The van der Waals surface area contributed by atoms with Gasteiger partial charge in [-0.2, -0.15) is 0 Å². The number of hydrogen-bond acceptors (Lipinski definition) is 7. The minimum atomic E-state index is -0.192. The second-order valence-electron chi connectivity index (χ2n) is 5.22. The Hall–Kier alpha value is -2.80. The lowest BCUT2D eigenvalue weighted by Gasteiger charge is -2.15. The van der Waals surface area contributed by atoms with Crippen LogP contribution in [0, 0.1) is 0 Å². The van der Waals surface area contributed by atoms with Crippen molar-refractivity contribution in [3.63, 3.8) is 0 Å². The summed E-state index contributed by atoms with van der Waals surface area (Å²) >= 11 is 0. The highest BCUT2D eigenvalue weighted by Gasteiger charge is 2.31. The van der Waals surface area contributed by atoms with Crippen molar-refractivity contribution in [3.05, 3.63) is 23.8 Å². The summed E-state index contributed by atoms with van der Waals surface area (Å²) in [5.74, 6) is 3.20. The Kier molecular flexibility index (Phi) is 3.50. The largest absolute Gasteiger partial charge is 0.493 e. The molecule has 7 heteroatoms. The first-order valence-electron chi connectivity index (χ1n) is 7.35. The van der Waals surface area contributed by atoms with Crippen LogP contribution >= 0.6 is 0 Å². The highest BCUT2D eigenvalue weighted by atomic mass is 16.7. The second kappa shape index (κ2) is 5.68. The topological polar surface area (TPSA) is 75.6 Å². The molecule has 2 aromatic rings. The van der Waals surface area contributed by atoms with Crippen LogP contribution in [-0.4, -0.2) is 32.9 Å². The van der Waals surface area contributed by atoms with Crippen molar-refractivity contribution < 1.29 is 33.5 Å². The van der Waals surface area contributed by atoms with Gasteiger partial charge in [-0.15, -0.1) is 0 Å². The van der Waals surface area contributed by atoms with Gasteiger partial charge in [-0.25, -0.2) is 0 Å². The van der Waals surface area contributed by atoms with E-state index in [-0.39, 0.29) is 20.2 Å². The Balaban J connectivity index is 1.96. The molecule has 2 aliphatic rings. The lowest BCUT2D eigenvalue weighted by atomic mass is 9.99. The smallest absolute Gasteiger partial charge is 0.231 e. The molecular weight excluding hydrogens is 316 g/mol. The molecule has 0 spiro atoms. The second-order valence-corrected chi connectivity index (χ2v) is 5.22. The zero-order chi connectivity index (χ0) is 16.7. The zero-order valence-corrected chi connectivity index (χ0v) is 13.3. The predicted molar refractivity (Wildman–Crippen MR) is 83.2 cm³/mol. The minimum Gasteiger partial charge on any atom is -0.493 e. The van der Waals surface area contributed by atoms with E-state index < -0.39 is 0 Å². The summed E-state index contributed by atoms with van der Waals surface area (Å²) in [4.78, 5) is 0. The van der Waals surface area contributed by atoms with Crippen LogP contribution in [0.3, 0.4) is 0 Å². The van der Waals surface area contributed by atoms with Crippen LogP contribution in [0.5, 0.6) is 34.5 Å². The Labute approximate surface area is 138 Å². The van der Waals surface area contributed by atoms with Gasteiger partial charge in [-0.3, -0.25) is 0 Å². The monoisotopic (exact) mass is 332 g/mol. The van der Waals surface area contributed by atoms with Crippen molar-refractivity contribution in [2.75, 3.05) is 27.8 Å². The molecule has 0 saturated heterocycles. The van der Waals surface area contributed by atoms with Crippen LogP contribution in [0.25, 0.3) is 11.1 Å². The molecule has 24 heavy (non-hydrogen) atoms. The van der Waals surface area contributed by atoms with Gasteiger partial charge in [0.2, 0.25) is 25.1 Å². The summed E-state index contributed by atoms with van der Waals surface area (Å²) in [5, 5.41) is 9.68. The van der Waals surface area contributed by atoms with Gasteiger partial charge in [0.05, 0.1) is 20.8 Å². The molecule has 0 atom stereocenters. The summed E-state index contributed by atoms with van der Waals surface area (Å²) in [6, 6.07) is 5.46. The van der Waals surface area contributed by atoms with Gasteiger partial charge in [-0.05, 0) is 18.2 Å². The van der Waals surface area contributed by atoms with Gasteiger partial charge in [0.15, 0.2) is 23.0 Å². The van der Waals surface area contributed by atoms with Crippen molar-refractivity contribution in [1.82, 2.24) is 0 Å². The molecule has 1 N–H and O–H groups in total. The maximum Gasteiger partial charge on any atom is 0.231 e. The van der Waals surface area contributed by atoms with Gasteiger partial charge >= 0.3 is 0 Å². The van der Waals surface area contributed by atoms with E-state index >= 15 is 0 Å². The molecule has 2 aliphatic heterocycles. The van der Waals surface area contributed by atoms with Crippen molar-refractivity contribution in [2.45, 2.75) is 6.61 Å². The Morgan fingerprint density at radius 2 is 1.54 bits per heavy atom. The van der Waals surface area contributed by atoms with Crippen LogP contribution in [0.2, 0.25) is 0 Å². The molecule has 4 rings (SSSR count). The number of fused-ring (bicyclic) bond motifs is 2. The highest BCUT2D eigenvalue weighted by Crippen LogP contribution is 2.54. The Morgan fingerprint density at radius 3 is 2.21 bits per heavy atom.